The van der Waals surface area contributed by atoms with Crippen LogP contribution in [0.15, 0.2) is 18.2 Å². The third-order valence-corrected chi connectivity index (χ3v) is 2.67. The molecule has 104 valence electrons. The van der Waals surface area contributed by atoms with E-state index in [2.05, 4.69) is 10.6 Å². The fraction of sp³-hybridized carbons (Fsp3) is 0.429. The summed E-state index contributed by atoms with van der Waals surface area (Å²) >= 11 is 0. The van der Waals surface area contributed by atoms with Crippen LogP contribution in [-0.4, -0.2) is 30.1 Å². The smallest absolute Gasteiger partial charge is 0.251 e. The number of anilines is 1. The van der Waals surface area contributed by atoms with Gasteiger partial charge in [0, 0.05) is 30.8 Å². The molecule has 19 heavy (non-hydrogen) atoms. The lowest BCUT2D eigenvalue weighted by Crippen LogP contribution is -2.23. The van der Waals surface area contributed by atoms with E-state index in [-0.39, 0.29) is 24.8 Å². The number of aliphatic hydroxyl groups excluding tert-OH is 1. The van der Waals surface area contributed by atoms with Crippen LogP contribution in [0.25, 0.3) is 0 Å². The maximum Gasteiger partial charge on any atom is 0.251 e. The lowest BCUT2D eigenvalue weighted by molar-refractivity contribution is -0.116. The van der Waals surface area contributed by atoms with Crippen LogP contribution in [0.1, 0.15) is 35.7 Å². The summed E-state index contributed by atoms with van der Waals surface area (Å²) in [6.45, 7) is 4.27. The lowest BCUT2D eigenvalue weighted by Gasteiger charge is -2.10. The van der Waals surface area contributed by atoms with E-state index >= 15 is 0 Å². The van der Waals surface area contributed by atoms with Gasteiger partial charge in [0.15, 0.2) is 0 Å². The number of carbonyl (C=O) groups excluding carboxylic acids is 2. The first-order chi connectivity index (χ1) is 9.08. The highest BCUT2D eigenvalue weighted by molar-refractivity contribution is 5.97. The summed E-state index contributed by atoms with van der Waals surface area (Å²) in [5.74, 6) is -0.321. The van der Waals surface area contributed by atoms with Crippen molar-refractivity contribution >= 4 is 17.5 Å². The highest BCUT2D eigenvalue weighted by atomic mass is 16.3. The van der Waals surface area contributed by atoms with Gasteiger partial charge >= 0.3 is 0 Å². The van der Waals surface area contributed by atoms with Gasteiger partial charge in [0.25, 0.3) is 5.91 Å². The van der Waals surface area contributed by atoms with Crippen LogP contribution < -0.4 is 10.6 Å². The van der Waals surface area contributed by atoms with Crippen molar-refractivity contribution in [1.29, 1.82) is 0 Å². The molecule has 0 unspecified atom stereocenters. The normalized spacial score (nSPS) is 10.1. The fourth-order valence-electron chi connectivity index (χ4n) is 1.61. The predicted molar refractivity (Wildman–Crippen MR) is 74.1 cm³/mol. The molecule has 1 rings (SSSR count). The first-order valence-corrected chi connectivity index (χ1v) is 6.38. The second-order valence-electron chi connectivity index (χ2n) is 4.26. The minimum Gasteiger partial charge on any atom is -0.396 e. The number of hydrogen-bond donors (Lipinski definition) is 3. The zero-order valence-corrected chi connectivity index (χ0v) is 11.3. The Kier molecular flexibility index (Phi) is 6.02. The van der Waals surface area contributed by atoms with Gasteiger partial charge in [-0.05, 0) is 38.0 Å². The first kappa shape index (κ1) is 15.2. The standard InChI is InChI=1S/C14H20N2O3/c1-3-15-14(19)11-7-6-10(2)12(9-11)16-13(18)5-4-8-17/h6-7,9,17H,3-5,8H2,1-2H3,(H,15,19)(H,16,18). The molecule has 0 saturated heterocycles. The molecule has 0 fully saturated rings. The molecule has 0 aliphatic rings. The molecular weight excluding hydrogens is 244 g/mol. The van der Waals surface area contributed by atoms with Crippen LogP contribution in [0.2, 0.25) is 0 Å². The molecule has 0 radical (unpaired) electrons. The molecule has 1 aromatic carbocycles. The topological polar surface area (TPSA) is 78.4 Å². The van der Waals surface area contributed by atoms with Gasteiger partial charge in [-0.25, -0.2) is 0 Å². The van der Waals surface area contributed by atoms with E-state index in [0.717, 1.165) is 5.56 Å². The Labute approximate surface area is 113 Å². The molecule has 1 aromatic rings. The van der Waals surface area contributed by atoms with Gasteiger partial charge in [0.05, 0.1) is 0 Å². The molecule has 0 saturated carbocycles. The molecule has 0 bridgehead atoms. The Balaban J connectivity index is 2.79. The maximum atomic E-state index is 11.7. The van der Waals surface area contributed by atoms with Gasteiger partial charge in [-0.3, -0.25) is 9.59 Å². The number of hydrogen-bond acceptors (Lipinski definition) is 3. The number of aliphatic hydroxyl groups is 1. The summed E-state index contributed by atoms with van der Waals surface area (Å²) in [5.41, 5.74) is 2.04. The van der Waals surface area contributed by atoms with Gasteiger partial charge in [-0.1, -0.05) is 6.07 Å². The van der Waals surface area contributed by atoms with Crippen LogP contribution >= 0.6 is 0 Å². The van der Waals surface area contributed by atoms with E-state index in [1.165, 1.54) is 0 Å². The van der Waals surface area contributed by atoms with E-state index in [0.29, 0.717) is 24.2 Å². The molecule has 0 aromatic heterocycles. The van der Waals surface area contributed by atoms with Gasteiger partial charge < -0.3 is 15.7 Å². The zero-order valence-electron chi connectivity index (χ0n) is 11.3. The van der Waals surface area contributed by atoms with Crippen molar-refractivity contribution in [2.75, 3.05) is 18.5 Å². The van der Waals surface area contributed by atoms with Gasteiger partial charge in [-0.15, -0.1) is 0 Å². The molecule has 0 aliphatic heterocycles. The summed E-state index contributed by atoms with van der Waals surface area (Å²) in [6.07, 6.45) is 0.697. The average molecular weight is 264 g/mol. The first-order valence-electron chi connectivity index (χ1n) is 6.38. The SMILES string of the molecule is CCNC(=O)c1ccc(C)c(NC(=O)CCCO)c1. The number of amides is 2. The largest absolute Gasteiger partial charge is 0.396 e. The minimum absolute atomic E-state index is 0.00858. The van der Waals surface area contributed by atoms with Crippen LogP contribution in [0.3, 0.4) is 0 Å². The molecular formula is C14H20N2O3. The van der Waals surface area contributed by atoms with Crippen molar-refractivity contribution in [2.24, 2.45) is 0 Å². The minimum atomic E-state index is -0.162. The van der Waals surface area contributed by atoms with Crippen LogP contribution in [0.5, 0.6) is 0 Å². The highest BCUT2D eigenvalue weighted by Gasteiger charge is 2.09. The number of rotatable bonds is 6. The molecule has 0 atom stereocenters. The van der Waals surface area contributed by atoms with E-state index in [1.807, 2.05) is 13.8 Å². The Morgan fingerprint density at radius 1 is 1.32 bits per heavy atom. The number of carbonyl (C=O) groups is 2. The zero-order chi connectivity index (χ0) is 14.3. The van der Waals surface area contributed by atoms with E-state index in [9.17, 15) is 9.59 Å². The Morgan fingerprint density at radius 3 is 2.68 bits per heavy atom. The van der Waals surface area contributed by atoms with E-state index < -0.39 is 0 Å². The number of benzene rings is 1. The van der Waals surface area contributed by atoms with Crippen molar-refractivity contribution in [3.63, 3.8) is 0 Å². The summed E-state index contributed by atoms with van der Waals surface area (Å²) in [5, 5.41) is 14.1. The van der Waals surface area contributed by atoms with Crippen molar-refractivity contribution in [3.8, 4) is 0 Å². The number of aryl methyl sites for hydroxylation is 1. The second kappa shape index (κ2) is 7.53. The van der Waals surface area contributed by atoms with E-state index in [1.54, 1.807) is 18.2 Å². The van der Waals surface area contributed by atoms with Gasteiger partial charge in [-0.2, -0.15) is 0 Å². The molecule has 5 nitrogen and oxygen atoms in total. The number of nitrogens with one attached hydrogen (secondary N) is 2. The molecule has 2 amide bonds. The van der Waals surface area contributed by atoms with Crippen LogP contribution in [0, 0.1) is 6.92 Å². The molecule has 0 aliphatic carbocycles. The van der Waals surface area contributed by atoms with E-state index in [4.69, 9.17) is 5.11 Å². The summed E-state index contributed by atoms with van der Waals surface area (Å²) in [4.78, 5) is 23.3. The highest BCUT2D eigenvalue weighted by Crippen LogP contribution is 2.17. The summed E-state index contributed by atoms with van der Waals surface area (Å²) in [6, 6.07) is 5.19. The van der Waals surface area contributed by atoms with Crippen molar-refractivity contribution < 1.29 is 14.7 Å². The Morgan fingerprint density at radius 2 is 2.05 bits per heavy atom. The Bertz CT molecular complexity index is 458. The van der Waals surface area contributed by atoms with Gasteiger partial charge in [0.1, 0.15) is 0 Å². The fourth-order valence-corrected chi connectivity index (χ4v) is 1.61. The Hall–Kier alpha value is -1.88. The maximum absolute atomic E-state index is 11.7. The predicted octanol–water partition coefficient (Wildman–Crippen LogP) is 1.46. The molecule has 3 N–H and O–H groups in total. The van der Waals surface area contributed by atoms with Crippen molar-refractivity contribution in [3.05, 3.63) is 29.3 Å². The average Bonchev–Trinajstić information content (AvgIpc) is 2.39. The monoisotopic (exact) mass is 264 g/mol. The lowest BCUT2D eigenvalue weighted by atomic mass is 10.1. The second-order valence-corrected chi connectivity index (χ2v) is 4.26. The van der Waals surface area contributed by atoms with Crippen molar-refractivity contribution in [2.45, 2.75) is 26.7 Å². The van der Waals surface area contributed by atoms with Gasteiger partial charge in [0.2, 0.25) is 5.91 Å². The molecule has 5 heteroatoms. The van der Waals surface area contributed by atoms with Crippen molar-refractivity contribution in [1.82, 2.24) is 5.32 Å². The third kappa shape index (κ3) is 4.71. The summed E-state index contributed by atoms with van der Waals surface area (Å²) < 4.78 is 0. The molecule has 0 heterocycles. The third-order valence-electron chi connectivity index (χ3n) is 2.67. The van der Waals surface area contributed by atoms with Crippen LogP contribution in [0.4, 0.5) is 5.69 Å². The van der Waals surface area contributed by atoms with Crippen LogP contribution in [-0.2, 0) is 4.79 Å². The summed E-state index contributed by atoms with van der Waals surface area (Å²) in [7, 11) is 0. The molecule has 0 spiro atoms. The quantitative estimate of drug-likeness (QED) is 0.727.